The molecule has 5 nitrogen and oxygen atoms in total. The molecule has 0 bridgehead atoms. The first-order valence-electron chi connectivity index (χ1n) is 4.45. The Hall–Kier alpha value is -1.08. The van der Waals surface area contributed by atoms with Gasteiger partial charge in [-0.3, -0.25) is 4.79 Å². The van der Waals surface area contributed by atoms with Gasteiger partial charge in [0.1, 0.15) is 0 Å². The highest BCUT2D eigenvalue weighted by Gasteiger charge is 2.16. The van der Waals surface area contributed by atoms with Gasteiger partial charge in [0, 0.05) is 10.2 Å². The lowest BCUT2D eigenvalue weighted by molar-refractivity contribution is 0.0981. The van der Waals surface area contributed by atoms with Crippen LogP contribution in [0.2, 0.25) is 0 Å². The van der Waals surface area contributed by atoms with Gasteiger partial charge in [0.2, 0.25) is 10.0 Å². The first-order valence-corrected chi connectivity index (χ1v) is 6.90. The van der Waals surface area contributed by atoms with Crippen molar-refractivity contribution in [3.63, 3.8) is 0 Å². The van der Waals surface area contributed by atoms with Crippen LogP contribution in [0.3, 0.4) is 0 Å². The Morgan fingerprint density at radius 2 is 2.12 bits per heavy atom. The molecule has 0 saturated carbocycles. The van der Waals surface area contributed by atoms with Crippen molar-refractivity contribution in [2.24, 2.45) is 0 Å². The first-order chi connectivity index (χ1) is 7.35. The van der Waals surface area contributed by atoms with E-state index in [4.69, 9.17) is 5.73 Å². The normalized spacial score (nSPS) is 11.1. The predicted molar refractivity (Wildman–Crippen MR) is 65.5 cm³/mol. The van der Waals surface area contributed by atoms with E-state index in [1.54, 1.807) is 12.1 Å². The van der Waals surface area contributed by atoms with Crippen LogP contribution in [0.25, 0.3) is 0 Å². The monoisotopic (exact) mass is 306 g/mol. The number of benzene rings is 1. The van der Waals surface area contributed by atoms with Crippen molar-refractivity contribution in [1.29, 1.82) is 0 Å². The molecule has 1 aromatic carbocycles. The Morgan fingerprint density at radius 3 is 2.69 bits per heavy atom. The van der Waals surface area contributed by atoms with Crippen molar-refractivity contribution in [3.05, 3.63) is 28.2 Å². The average molecular weight is 307 g/mol. The van der Waals surface area contributed by atoms with Crippen LogP contribution >= 0.6 is 15.9 Å². The van der Waals surface area contributed by atoms with Gasteiger partial charge in [-0.15, -0.1) is 0 Å². The maximum atomic E-state index is 11.6. The lowest BCUT2D eigenvalue weighted by Gasteiger charge is -2.07. The van der Waals surface area contributed by atoms with E-state index >= 15 is 0 Å². The van der Waals surface area contributed by atoms with Gasteiger partial charge in [0.25, 0.3) is 5.91 Å². The number of hydrogen-bond donors (Lipinski definition) is 2. The molecule has 0 radical (unpaired) electrons. The number of hydrogen-bond acceptors (Lipinski definition) is 4. The van der Waals surface area contributed by atoms with Crippen molar-refractivity contribution in [1.82, 2.24) is 4.72 Å². The van der Waals surface area contributed by atoms with Gasteiger partial charge in [-0.25, -0.2) is 13.1 Å². The largest absolute Gasteiger partial charge is 0.399 e. The predicted octanol–water partition coefficient (Wildman–Crippen LogP) is 1.11. The molecular formula is C9H11BrN2O3S. The molecule has 3 N–H and O–H groups in total. The van der Waals surface area contributed by atoms with E-state index in [0.29, 0.717) is 10.2 Å². The third-order valence-electron chi connectivity index (χ3n) is 1.86. The molecule has 0 aromatic heterocycles. The third-order valence-corrected chi connectivity index (χ3v) is 3.81. The summed E-state index contributed by atoms with van der Waals surface area (Å²) in [7, 11) is -3.56. The summed E-state index contributed by atoms with van der Waals surface area (Å²) >= 11 is 3.15. The number of nitrogen functional groups attached to an aromatic ring is 1. The molecule has 0 spiro atoms. The van der Waals surface area contributed by atoms with E-state index in [1.165, 1.54) is 13.0 Å². The smallest absolute Gasteiger partial charge is 0.265 e. The number of nitrogens with one attached hydrogen (secondary N) is 1. The first kappa shape index (κ1) is 13.0. The molecule has 16 heavy (non-hydrogen) atoms. The van der Waals surface area contributed by atoms with E-state index in [9.17, 15) is 13.2 Å². The summed E-state index contributed by atoms with van der Waals surface area (Å²) in [6.07, 6.45) is 0. The number of carbonyl (C=O) groups excluding carboxylic acids is 1. The van der Waals surface area contributed by atoms with Crippen LogP contribution in [0.5, 0.6) is 0 Å². The summed E-state index contributed by atoms with van der Waals surface area (Å²) in [6.45, 7) is 1.45. The number of amides is 1. The quantitative estimate of drug-likeness (QED) is 0.819. The second-order valence-electron chi connectivity index (χ2n) is 3.07. The zero-order valence-electron chi connectivity index (χ0n) is 8.53. The third kappa shape index (κ3) is 3.21. The minimum Gasteiger partial charge on any atom is -0.399 e. The molecule has 0 atom stereocenters. The number of rotatable bonds is 3. The molecule has 1 aromatic rings. The lowest BCUT2D eigenvalue weighted by atomic mass is 10.2. The maximum absolute atomic E-state index is 11.6. The Bertz CT molecular complexity index is 513. The van der Waals surface area contributed by atoms with E-state index < -0.39 is 15.9 Å². The van der Waals surface area contributed by atoms with E-state index in [0.717, 1.165) is 0 Å². The standard InChI is InChI=1S/C9H11BrN2O3S/c1-2-16(14,15)12-9(13)7-5-6(11)3-4-8(7)10/h3-5H,2,11H2,1H3,(H,12,13). The van der Waals surface area contributed by atoms with Gasteiger partial charge in [-0.05, 0) is 41.1 Å². The van der Waals surface area contributed by atoms with E-state index in [2.05, 4.69) is 15.9 Å². The van der Waals surface area contributed by atoms with Crippen LogP contribution in [0.1, 0.15) is 17.3 Å². The molecule has 0 unspecified atom stereocenters. The van der Waals surface area contributed by atoms with Crippen molar-refractivity contribution < 1.29 is 13.2 Å². The molecule has 7 heteroatoms. The maximum Gasteiger partial charge on any atom is 0.265 e. The van der Waals surface area contributed by atoms with Crippen LogP contribution in [0.4, 0.5) is 5.69 Å². The average Bonchev–Trinajstić information content (AvgIpc) is 2.21. The van der Waals surface area contributed by atoms with Crippen LogP contribution in [0, 0.1) is 0 Å². The summed E-state index contributed by atoms with van der Waals surface area (Å²) in [5.41, 5.74) is 6.09. The van der Waals surface area contributed by atoms with Crippen molar-refractivity contribution in [3.8, 4) is 0 Å². The fraction of sp³-hybridized carbons (Fsp3) is 0.222. The second kappa shape index (κ2) is 4.84. The van der Waals surface area contributed by atoms with Crippen LogP contribution < -0.4 is 10.5 Å². The van der Waals surface area contributed by atoms with Crippen LogP contribution in [-0.2, 0) is 10.0 Å². The highest BCUT2D eigenvalue weighted by Crippen LogP contribution is 2.19. The number of nitrogens with two attached hydrogens (primary N) is 1. The van der Waals surface area contributed by atoms with Gasteiger partial charge < -0.3 is 5.73 Å². The van der Waals surface area contributed by atoms with Gasteiger partial charge >= 0.3 is 0 Å². The molecule has 1 amide bonds. The SMILES string of the molecule is CCS(=O)(=O)NC(=O)c1cc(N)ccc1Br. The topological polar surface area (TPSA) is 89.3 Å². The van der Waals surface area contributed by atoms with Gasteiger partial charge in [-0.2, -0.15) is 0 Å². The number of halogens is 1. The van der Waals surface area contributed by atoms with E-state index in [-0.39, 0.29) is 11.3 Å². The molecule has 0 saturated heterocycles. The van der Waals surface area contributed by atoms with E-state index in [1.807, 2.05) is 4.72 Å². The van der Waals surface area contributed by atoms with Crippen LogP contribution in [-0.4, -0.2) is 20.1 Å². The molecule has 0 aliphatic heterocycles. The number of sulfonamides is 1. The zero-order valence-corrected chi connectivity index (χ0v) is 10.9. The zero-order chi connectivity index (χ0) is 12.3. The van der Waals surface area contributed by atoms with Crippen molar-refractivity contribution >= 4 is 37.5 Å². The van der Waals surface area contributed by atoms with Crippen molar-refractivity contribution in [2.75, 3.05) is 11.5 Å². The molecular weight excluding hydrogens is 296 g/mol. The fourth-order valence-electron chi connectivity index (χ4n) is 0.985. The highest BCUT2D eigenvalue weighted by molar-refractivity contribution is 9.10. The van der Waals surface area contributed by atoms with Gasteiger partial charge in [0.15, 0.2) is 0 Å². The van der Waals surface area contributed by atoms with Gasteiger partial charge in [-0.1, -0.05) is 0 Å². The molecule has 0 heterocycles. The lowest BCUT2D eigenvalue weighted by Crippen LogP contribution is -2.32. The minimum atomic E-state index is -3.56. The van der Waals surface area contributed by atoms with Crippen LogP contribution in [0.15, 0.2) is 22.7 Å². The second-order valence-corrected chi connectivity index (χ2v) is 5.94. The Morgan fingerprint density at radius 1 is 1.50 bits per heavy atom. The number of carbonyl (C=O) groups is 1. The molecule has 88 valence electrons. The fourth-order valence-corrected chi connectivity index (χ4v) is 1.95. The number of anilines is 1. The Balaban J connectivity index is 3.02. The molecule has 0 aliphatic carbocycles. The molecule has 0 fully saturated rings. The Labute approximate surface area is 102 Å². The molecule has 0 aliphatic rings. The minimum absolute atomic E-state index is 0.154. The summed E-state index contributed by atoms with van der Waals surface area (Å²) in [5.74, 6) is -0.848. The van der Waals surface area contributed by atoms with Gasteiger partial charge in [0.05, 0.1) is 11.3 Å². The molecule has 1 rings (SSSR count). The summed E-state index contributed by atoms with van der Waals surface area (Å²) < 4.78 is 24.8. The Kier molecular flexibility index (Phi) is 3.93. The van der Waals surface area contributed by atoms with Crippen molar-refractivity contribution in [2.45, 2.75) is 6.92 Å². The summed E-state index contributed by atoms with van der Waals surface area (Å²) in [6, 6.07) is 4.60. The highest BCUT2D eigenvalue weighted by atomic mass is 79.9. The summed E-state index contributed by atoms with van der Waals surface area (Å²) in [4.78, 5) is 11.6. The summed E-state index contributed by atoms with van der Waals surface area (Å²) in [5, 5.41) is 0.